The lowest BCUT2D eigenvalue weighted by Gasteiger charge is -2.06. The van der Waals surface area contributed by atoms with Crippen LogP contribution in [0.1, 0.15) is 39.2 Å². The van der Waals surface area contributed by atoms with E-state index in [9.17, 15) is 8.42 Å². The lowest BCUT2D eigenvalue weighted by Crippen LogP contribution is -2.24. The van der Waals surface area contributed by atoms with Gasteiger partial charge in [0.1, 0.15) is 0 Å². The number of nitrogens with one attached hydrogen (secondary N) is 1. The number of allylic oxidation sites excluding steroid dienone is 3. The summed E-state index contributed by atoms with van der Waals surface area (Å²) in [5.41, 5.74) is 3.44. The van der Waals surface area contributed by atoms with Gasteiger partial charge >= 0.3 is 0 Å². The Labute approximate surface area is 128 Å². The number of hydrogen-bond donors (Lipinski definition) is 1. The van der Waals surface area contributed by atoms with E-state index in [1.54, 1.807) is 18.2 Å². The second kappa shape index (κ2) is 8.15. The summed E-state index contributed by atoms with van der Waals surface area (Å²) in [5, 5.41) is 0. The van der Waals surface area contributed by atoms with Gasteiger partial charge in [-0.2, -0.15) is 0 Å². The van der Waals surface area contributed by atoms with Crippen LogP contribution in [0.3, 0.4) is 0 Å². The molecule has 116 valence electrons. The molecule has 0 aliphatic rings. The van der Waals surface area contributed by atoms with Crippen LogP contribution in [0.15, 0.2) is 52.5 Å². The summed E-state index contributed by atoms with van der Waals surface area (Å²) in [6, 6.07) is 6.92. The molecule has 0 amide bonds. The first-order valence-electron chi connectivity index (χ1n) is 7.16. The summed E-state index contributed by atoms with van der Waals surface area (Å²) in [6.45, 7) is 8.40. The van der Waals surface area contributed by atoms with Crippen molar-refractivity contribution >= 4 is 10.0 Å². The van der Waals surface area contributed by atoms with E-state index in [-0.39, 0.29) is 0 Å². The van der Waals surface area contributed by atoms with Crippen molar-refractivity contribution in [2.45, 2.75) is 45.4 Å². The second-order valence-corrected chi connectivity index (χ2v) is 7.31. The standard InChI is InChI=1S/C17H25NO2S/c1-14(2)7-5-8-15(3)11-12-18-21(19,20)17-10-6-9-16(4)13-17/h6-7,9-11,13,18H,5,8,12H2,1-4H3/b15-11+. The number of hydrogen-bond acceptors (Lipinski definition) is 2. The third kappa shape index (κ3) is 6.74. The van der Waals surface area contributed by atoms with Crippen molar-refractivity contribution < 1.29 is 8.42 Å². The molecule has 0 unspecified atom stereocenters. The van der Waals surface area contributed by atoms with E-state index in [4.69, 9.17) is 0 Å². The van der Waals surface area contributed by atoms with E-state index in [0.29, 0.717) is 11.4 Å². The fourth-order valence-electron chi connectivity index (χ4n) is 1.88. The van der Waals surface area contributed by atoms with Gasteiger partial charge < -0.3 is 0 Å². The minimum absolute atomic E-state index is 0.318. The van der Waals surface area contributed by atoms with Crippen LogP contribution in [0, 0.1) is 6.92 Å². The van der Waals surface area contributed by atoms with Crippen molar-refractivity contribution in [2.75, 3.05) is 6.54 Å². The van der Waals surface area contributed by atoms with Crippen molar-refractivity contribution in [3.05, 3.63) is 53.1 Å². The molecule has 4 heteroatoms. The maximum Gasteiger partial charge on any atom is 0.240 e. The largest absolute Gasteiger partial charge is 0.240 e. The zero-order valence-electron chi connectivity index (χ0n) is 13.3. The number of aryl methyl sites for hydroxylation is 1. The highest BCUT2D eigenvalue weighted by Crippen LogP contribution is 2.11. The topological polar surface area (TPSA) is 46.2 Å². The Hall–Kier alpha value is -1.39. The van der Waals surface area contributed by atoms with Gasteiger partial charge in [0.25, 0.3) is 0 Å². The minimum atomic E-state index is -3.42. The Morgan fingerprint density at radius 3 is 2.52 bits per heavy atom. The number of rotatable bonds is 7. The molecule has 0 radical (unpaired) electrons. The Morgan fingerprint density at radius 1 is 1.19 bits per heavy atom. The van der Waals surface area contributed by atoms with Crippen molar-refractivity contribution in [3.8, 4) is 0 Å². The van der Waals surface area contributed by atoms with E-state index < -0.39 is 10.0 Å². The normalized spacial score (nSPS) is 12.3. The molecule has 1 N–H and O–H groups in total. The van der Waals surface area contributed by atoms with Crippen LogP contribution in [-0.2, 0) is 10.0 Å². The number of benzene rings is 1. The fourth-order valence-corrected chi connectivity index (χ4v) is 2.95. The molecule has 0 bridgehead atoms. The molecule has 0 aromatic heterocycles. The highest BCUT2D eigenvalue weighted by atomic mass is 32.2. The molecule has 0 aliphatic carbocycles. The average molecular weight is 307 g/mol. The molecule has 0 aliphatic heterocycles. The van der Waals surface area contributed by atoms with Gasteiger partial charge in [-0.05, 0) is 58.2 Å². The molecule has 0 saturated heterocycles. The van der Waals surface area contributed by atoms with Crippen molar-refractivity contribution in [2.24, 2.45) is 0 Å². The van der Waals surface area contributed by atoms with Gasteiger partial charge in [0, 0.05) is 6.54 Å². The highest BCUT2D eigenvalue weighted by Gasteiger charge is 2.12. The van der Waals surface area contributed by atoms with Gasteiger partial charge in [-0.25, -0.2) is 13.1 Å². The Balaban J connectivity index is 2.56. The molecule has 0 atom stereocenters. The molecule has 1 rings (SSSR count). The minimum Gasteiger partial charge on any atom is -0.207 e. The zero-order chi connectivity index (χ0) is 15.9. The zero-order valence-corrected chi connectivity index (χ0v) is 14.1. The van der Waals surface area contributed by atoms with E-state index in [0.717, 1.165) is 18.4 Å². The maximum absolute atomic E-state index is 12.1. The molecule has 0 heterocycles. The fraction of sp³-hybridized carbons (Fsp3) is 0.412. The first kappa shape index (κ1) is 17.7. The molecule has 21 heavy (non-hydrogen) atoms. The molecule has 1 aromatic carbocycles. The SMILES string of the molecule is CC(C)=CCC/C(C)=C/CNS(=O)(=O)c1cccc(C)c1. The van der Waals surface area contributed by atoms with Gasteiger partial charge in [-0.15, -0.1) is 0 Å². The maximum atomic E-state index is 12.1. The molecular weight excluding hydrogens is 282 g/mol. The molecule has 0 fully saturated rings. The van der Waals surface area contributed by atoms with Crippen LogP contribution in [0.25, 0.3) is 0 Å². The van der Waals surface area contributed by atoms with Crippen LogP contribution < -0.4 is 4.72 Å². The second-order valence-electron chi connectivity index (χ2n) is 5.54. The average Bonchev–Trinajstić information content (AvgIpc) is 2.38. The summed E-state index contributed by atoms with van der Waals surface area (Å²) >= 11 is 0. The molecule has 1 aromatic rings. The third-order valence-electron chi connectivity index (χ3n) is 3.11. The van der Waals surface area contributed by atoms with Crippen LogP contribution in [0.2, 0.25) is 0 Å². The summed E-state index contributed by atoms with van der Waals surface area (Å²) in [4.78, 5) is 0.318. The van der Waals surface area contributed by atoms with Crippen molar-refractivity contribution in [1.29, 1.82) is 0 Å². The van der Waals surface area contributed by atoms with Crippen molar-refractivity contribution in [3.63, 3.8) is 0 Å². The van der Waals surface area contributed by atoms with Gasteiger partial charge in [0.15, 0.2) is 0 Å². The van der Waals surface area contributed by atoms with Gasteiger partial charge in [0.2, 0.25) is 10.0 Å². The molecule has 0 saturated carbocycles. The van der Waals surface area contributed by atoms with E-state index in [1.807, 2.05) is 26.0 Å². The third-order valence-corrected chi connectivity index (χ3v) is 4.54. The number of sulfonamides is 1. The summed E-state index contributed by atoms with van der Waals surface area (Å²) in [7, 11) is -3.42. The first-order chi connectivity index (χ1) is 9.81. The Bertz CT molecular complexity index is 624. The van der Waals surface area contributed by atoms with Gasteiger partial charge in [0.05, 0.1) is 4.90 Å². The predicted molar refractivity (Wildman–Crippen MR) is 88.8 cm³/mol. The Kier molecular flexibility index (Phi) is 6.85. The van der Waals surface area contributed by atoms with Gasteiger partial charge in [-0.3, -0.25) is 0 Å². The molecule has 0 spiro atoms. The van der Waals surface area contributed by atoms with E-state index in [2.05, 4.69) is 24.6 Å². The Morgan fingerprint density at radius 2 is 1.90 bits per heavy atom. The van der Waals surface area contributed by atoms with Crippen LogP contribution >= 0.6 is 0 Å². The summed E-state index contributed by atoms with van der Waals surface area (Å²) in [5.74, 6) is 0. The van der Waals surface area contributed by atoms with E-state index >= 15 is 0 Å². The highest BCUT2D eigenvalue weighted by molar-refractivity contribution is 7.89. The van der Waals surface area contributed by atoms with Crippen molar-refractivity contribution in [1.82, 2.24) is 4.72 Å². The smallest absolute Gasteiger partial charge is 0.207 e. The molecular formula is C17H25NO2S. The summed E-state index contributed by atoms with van der Waals surface area (Å²) < 4.78 is 26.9. The monoisotopic (exact) mass is 307 g/mol. The summed E-state index contributed by atoms with van der Waals surface area (Å²) in [6.07, 6.45) is 6.08. The van der Waals surface area contributed by atoms with Crippen LogP contribution in [0.5, 0.6) is 0 Å². The predicted octanol–water partition coefficient (Wildman–Crippen LogP) is 3.97. The molecule has 3 nitrogen and oxygen atoms in total. The van der Waals surface area contributed by atoms with E-state index in [1.165, 1.54) is 11.1 Å². The quantitative estimate of drug-likeness (QED) is 0.775. The van der Waals surface area contributed by atoms with Crippen LogP contribution in [-0.4, -0.2) is 15.0 Å². The van der Waals surface area contributed by atoms with Gasteiger partial charge in [-0.1, -0.05) is 35.4 Å². The van der Waals surface area contributed by atoms with Crippen LogP contribution in [0.4, 0.5) is 0 Å². The first-order valence-corrected chi connectivity index (χ1v) is 8.65. The lowest BCUT2D eigenvalue weighted by atomic mass is 10.1. The lowest BCUT2D eigenvalue weighted by molar-refractivity contribution is 0.585.